The van der Waals surface area contributed by atoms with Gasteiger partial charge in [0.1, 0.15) is 4.83 Å². The van der Waals surface area contributed by atoms with Crippen LogP contribution >= 0.6 is 23.1 Å². The number of nitrogens with one attached hydrogen (secondary N) is 1. The van der Waals surface area contributed by atoms with Gasteiger partial charge < -0.3 is 10.4 Å². The Hall–Kier alpha value is -2.94. The van der Waals surface area contributed by atoms with Gasteiger partial charge in [-0.2, -0.15) is 0 Å². The first-order valence-electron chi connectivity index (χ1n) is 10.9. The van der Waals surface area contributed by atoms with Crippen LogP contribution in [0.5, 0.6) is 0 Å². The van der Waals surface area contributed by atoms with E-state index in [4.69, 9.17) is 10.1 Å². The van der Waals surface area contributed by atoms with E-state index >= 15 is 0 Å². The van der Waals surface area contributed by atoms with Crippen molar-refractivity contribution in [2.75, 3.05) is 13.2 Å². The van der Waals surface area contributed by atoms with Gasteiger partial charge in [0.25, 0.3) is 11.5 Å². The van der Waals surface area contributed by atoms with Gasteiger partial charge in [-0.15, -0.1) is 11.3 Å². The van der Waals surface area contributed by atoms with E-state index < -0.39 is 0 Å². The van der Waals surface area contributed by atoms with Crippen molar-refractivity contribution >= 4 is 39.2 Å². The van der Waals surface area contributed by atoms with Crippen LogP contribution < -0.4 is 10.9 Å². The fraction of sp³-hybridized carbons (Fsp3) is 0.240. The number of aliphatic hydroxyl groups excluding tert-OH is 1. The molecule has 0 bridgehead atoms. The monoisotopic (exact) mass is 477 g/mol. The first-order chi connectivity index (χ1) is 16.2. The molecular weight excluding hydrogens is 454 g/mol. The van der Waals surface area contributed by atoms with Crippen molar-refractivity contribution < 1.29 is 9.90 Å². The molecule has 5 rings (SSSR count). The number of carbonyl (C=O) groups excluding carboxylic acids is 1. The van der Waals surface area contributed by atoms with Crippen LogP contribution in [-0.2, 0) is 18.6 Å². The van der Waals surface area contributed by atoms with Crippen LogP contribution in [0.15, 0.2) is 64.5 Å². The van der Waals surface area contributed by atoms with Crippen molar-refractivity contribution in [3.05, 3.63) is 86.5 Å². The minimum absolute atomic E-state index is 0.00371. The van der Waals surface area contributed by atoms with Crippen molar-refractivity contribution in [3.8, 4) is 5.69 Å². The van der Waals surface area contributed by atoms with Gasteiger partial charge in [0.05, 0.1) is 17.7 Å². The topological polar surface area (TPSA) is 84.2 Å². The number of rotatable bonds is 7. The number of hydrogen-bond donors (Lipinski definition) is 2. The minimum Gasteiger partial charge on any atom is -0.395 e. The summed E-state index contributed by atoms with van der Waals surface area (Å²) in [6.45, 7) is 0.141. The van der Waals surface area contributed by atoms with E-state index in [9.17, 15) is 9.59 Å². The third-order valence-electron chi connectivity index (χ3n) is 5.70. The van der Waals surface area contributed by atoms with E-state index in [0.29, 0.717) is 16.5 Å². The Morgan fingerprint density at radius 1 is 1.12 bits per heavy atom. The van der Waals surface area contributed by atoms with Gasteiger partial charge in [-0.25, -0.2) is 4.98 Å². The molecule has 0 fully saturated rings. The third-order valence-corrected chi connectivity index (χ3v) is 7.90. The molecule has 0 unspecified atom stereocenters. The zero-order valence-corrected chi connectivity index (χ0v) is 19.5. The lowest BCUT2D eigenvalue weighted by molar-refractivity contribution is 0.0945. The molecule has 2 aromatic heterocycles. The molecule has 2 heterocycles. The molecule has 8 heteroatoms. The van der Waals surface area contributed by atoms with Crippen molar-refractivity contribution in [1.29, 1.82) is 0 Å². The van der Waals surface area contributed by atoms with Crippen LogP contribution in [0, 0.1) is 0 Å². The molecule has 0 spiro atoms. The highest BCUT2D eigenvalue weighted by molar-refractivity contribution is 7.98. The quantitative estimate of drug-likeness (QED) is 0.311. The average molecular weight is 478 g/mol. The number of thiophene rings is 1. The van der Waals surface area contributed by atoms with Gasteiger partial charge in [0, 0.05) is 22.7 Å². The highest BCUT2D eigenvalue weighted by atomic mass is 32.2. The highest BCUT2D eigenvalue weighted by Crippen LogP contribution is 2.36. The number of fused-ring (bicyclic) bond motifs is 3. The van der Waals surface area contributed by atoms with E-state index in [0.717, 1.165) is 40.7 Å². The molecule has 1 aliphatic carbocycles. The number of amides is 1. The lowest BCUT2D eigenvalue weighted by Gasteiger charge is -2.12. The summed E-state index contributed by atoms with van der Waals surface area (Å²) in [6.07, 6.45) is 3.08. The molecule has 33 heavy (non-hydrogen) atoms. The van der Waals surface area contributed by atoms with Gasteiger partial charge in [0.2, 0.25) is 0 Å². The maximum Gasteiger partial charge on any atom is 0.267 e. The predicted molar refractivity (Wildman–Crippen MR) is 133 cm³/mol. The molecule has 6 nitrogen and oxygen atoms in total. The Labute approximate surface area is 199 Å². The Morgan fingerprint density at radius 2 is 1.91 bits per heavy atom. The molecule has 2 aromatic carbocycles. The summed E-state index contributed by atoms with van der Waals surface area (Å²) in [4.78, 5) is 32.7. The normalized spacial score (nSPS) is 12.8. The van der Waals surface area contributed by atoms with E-state index in [1.165, 1.54) is 22.2 Å². The Kier molecular flexibility index (Phi) is 6.30. The van der Waals surface area contributed by atoms with Gasteiger partial charge in [-0.05, 0) is 54.7 Å². The van der Waals surface area contributed by atoms with E-state index in [1.807, 2.05) is 42.5 Å². The summed E-state index contributed by atoms with van der Waals surface area (Å²) in [5.41, 5.74) is 3.58. The van der Waals surface area contributed by atoms with Crippen LogP contribution in [0.1, 0.15) is 32.8 Å². The van der Waals surface area contributed by atoms with Gasteiger partial charge in [-0.1, -0.05) is 42.1 Å². The number of aromatic nitrogens is 2. The number of aryl methyl sites for hydroxylation is 2. The number of carbonyl (C=O) groups is 1. The number of para-hydroxylation sites is 1. The summed E-state index contributed by atoms with van der Waals surface area (Å²) in [7, 11) is 0. The zero-order valence-electron chi connectivity index (χ0n) is 17.9. The van der Waals surface area contributed by atoms with Crippen LogP contribution in [0.25, 0.3) is 15.9 Å². The Balaban J connectivity index is 1.47. The second kappa shape index (κ2) is 9.51. The Bertz CT molecular complexity index is 1360. The van der Waals surface area contributed by atoms with Gasteiger partial charge in [-0.3, -0.25) is 14.2 Å². The molecule has 0 saturated carbocycles. The first kappa shape index (κ1) is 21.9. The number of hydrogen-bond acceptors (Lipinski definition) is 6. The summed E-state index contributed by atoms with van der Waals surface area (Å²) >= 11 is 3.17. The predicted octanol–water partition coefficient (Wildman–Crippen LogP) is 3.95. The number of thioether (sulfide) groups is 1. The minimum atomic E-state index is -0.209. The van der Waals surface area contributed by atoms with E-state index in [1.54, 1.807) is 28.0 Å². The lowest BCUT2D eigenvalue weighted by atomic mass is 10.1. The maximum absolute atomic E-state index is 13.6. The van der Waals surface area contributed by atoms with Crippen LogP contribution in [-0.4, -0.2) is 33.7 Å². The molecule has 4 aromatic rings. The average Bonchev–Trinajstić information content (AvgIpc) is 3.43. The number of nitrogens with zero attached hydrogens (tertiary/aromatic N) is 2. The molecule has 2 N–H and O–H groups in total. The molecule has 0 radical (unpaired) electrons. The largest absolute Gasteiger partial charge is 0.395 e. The highest BCUT2D eigenvalue weighted by Gasteiger charge is 2.23. The smallest absolute Gasteiger partial charge is 0.267 e. The van der Waals surface area contributed by atoms with E-state index in [-0.39, 0.29) is 24.6 Å². The summed E-state index contributed by atoms with van der Waals surface area (Å²) in [5.74, 6) is 0.410. The lowest BCUT2D eigenvalue weighted by Crippen LogP contribution is -2.26. The zero-order chi connectivity index (χ0) is 22.8. The fourth-order valence-corrected chi connectivity index (χ4v) is 6.37. The van der Waals surface area contributed by atoms with Crippen molar-refractivity contribution in [2.45, 2.75) is 30.2 Å². The fourth-order valence-electron chi connectivity index (χ4n) is 4.10. The third kappa shape index (κ3) is 4.34. The van der Waals surface area contributed by atoms with Gasteiger partial charge in [0.15, 0.2) is 5.16 Å². The van der Waals surface area contributed by atoms with Gasteiger partial charge >= 0.3 is 0 Å². The maximum atomic E-state index is 13.6. The van der Waals surface area contributed by atoms with Crippen molar-refractivity contribution in [2.24, 2.45) is 0 Å². The molecule has 0 atom stereocenters. The SMILES string of the molecule is O=C(NCCO)c1ccc(CSc2nc3sc4c(c3c(=O)n2-c2ccccc2)CCC4)cc1. The number of benzene rings is 2. The molecule has 1 amide bonds. The second-order valence-electron chi connectivity index (χ2n) is 7.87. The second-order valence-corrected chi connectivity index (χ2v) is 9.90. The van der Waals surface area contributed by atoms with Crippen molar-refractivity contribution in [3.63, 3.8) is 0 Å². The van der Waals surface area contributed by atoms with Crippen LogP contribution in [0.4, 0.5) is 0 Å². The molecule has 0 aliphatic heterocycles. The van der Waals surface area contributed by atoms with Crippen LogP contribution in [0.2, 0.25) is 0 Å². The number of aliphatic hydroxyl groups is 1. The molecule has 0 saturated heterocycles. The summed E-state index contributed by atoms with van der Waals surface area (Å²) < 4.78 is 1.73. The first-order valence-corrected chi connectivity index (χ1v) is 12.7. The molecule has 168 valence electrons. The van der Waals surface area contributed by atoms with Crippen LogP contribution in [0.3, 0.4) is 0 Å². The van der Waals surface area contributed by atoms with E-state index in [2.05, 4.69) is 5.32 Å². The molecular formula is C25H23N3O3S2. The van der Waals surface area contributed by atoms with Crippen molar-refractivity contribution in [1.82, 2.24) is 14.9 Å². The Morgan fingerprint density at radius 3 is 2.67 bits per heavy atom. The standard InChI is InChI=1S/C25H23N3O3S2/c29-14-13-26-22(30)17-11-9-16(10-12-17)15-32-25-27-23-21(19-7-4-8-20(19)33-23)24(31)28(25)18-5-2-1-3-6-18/h1-3,5-6,9-12,29H,4,7-8,13-15H2,(H,26,30). The molecule has 1 aliphatic rings. The summed E-state index contributed by atoms with van der Waals surface area (Å²) in [5, 5.41) is 13.0. The summed E-state index contributed by atoms with van der Waals surface area (Å²) in [6, 6.07) is 17.0.